The van der Waals surface area contributed by atoms with Crippen LogP contribution in [0.2, 0.25) is 5.02 Å². The molecule has 192 valence electrons. The predicted octanol–water partition coefficient (Wildman–Crippen LogP) is 5.46. The maximum Gasteiger partial charge on any atom is 0.264 e. The lowest BCUT2D eigenvalue weighted by Crippen LogP contribution is -2.48. The van der Waals surface area contributed by atoms with Gasteiger partial charge in [0.15, 0.2) is 0 Å². The van der Waals surface area contributed by atoms with Gasteiger partial charge in [0.25, 0.3) is 15.9 Å². The van der Waals surface area contributed by atoms with Gasteiger partial charge in [0.1, 0.15) is 4.90 Å². The SMILES string of the molecule is C=Nc1c(/C=C\C)cccc1S(=O)(=O)Nc1ccc(C(=O)N2CCN(Cc3cccc(Cl)c3)CC2)cc1. The van der Waals surface area contributed by atoms with Crippen molar-refractivity contribution in [3.63, 3.8) is 0 Å². The summed E-state index contributed by atoms with van der Waals surface area (Å²) in [6, 6.07) is 19.2. The number of benzene rings is 3. The van der Waals surface area contributed by atoms with E-state index in [-0.39, 0.29) is 16.5 Å². The van der Waals surface area contributed by atoms with E-state index in [1.165, 1.54) is 6.07 Å². The molecule has 0 aliphatic carbocycles. The number of allylic oxidation sites excluding steroid dienone is 1. The number of halogens is 1. The Morgan fingerprint density at radius 2 is 1.76 bits per heavy atom. The molecule has 0 saturated carbocycles. The van der Waals surface area contributed by atoms with Crippen LogP contribution in [0, 0.1) is 0 Å². The summed E-state index contributed by atoms with van der Waals surface area (Å²) in [5.41, 5.74) is 2.96. The van der Waals surface area contributed by atoms with Crippen molar-refractivity contribution in [2.75, 3.05) is 30.9 Å². The largest absolute Gasteiger partial charge is 0.336 e. The number of sulfonamides is 1. The topological polar surface area (TPSA) is 82.1 Å². The molecule has 0 unspecified atom stereocenters. The van der Waals surface area contributed by atoms with Crippen molar-refractivity contribution < 1.29 is 13.2 Å². The number of anilines is 1. The number of piperazine rings is 1. The van der Waals surface area contributed by atoms with E-state index >= 15 is 0 Å². The highest BCUT2D eigenvalue weighted by atomic mass is 35.5. The summed E-state index contributed by atoms with van der Waals surface area (Å²) < 4.78 is 28.7. The van der Waals surface area contributed by atoms with Crippen molar-refractivity contribution in [1.82, 2.24) is 9.80 Å². The summed E-state index contributed by atoms with van der Waals surface area (Å²) in [5.74, 6) is -0.0750. The molecule has 3 aromatic carbocycles. The summed E-state index contributed by atoms with van der Waals surface area (Å²) in [6.07, 6.45) is 3.59. The fourth-order valence-electron chi connectivity index (χ4n) is 4.32. The highest BCUT2D eigenvalue weighted by Gasteiger charge is 2.23. The van der Waals surface area contributed by atoms with E-state index in [1.54, 1.807) is 42.5 Å². The molecule has 1 amide bonds. The maximum absolute atomic E-state index is 13.1. The van der Waals surface area contributed by atoms with E-state index in [9.17, 15) is 13.2 Å². The van der Waals surface area contributed by atoms with Gasteiger partial charge in [-0.3, -0.25) is 19.4 Å². The van der Waals surface area contributed by atoms with Gasteiger partial charge in [0.05, 0.1) is 5.69 Å². The van der Waals surface area contributed by atoms with Gasteiger partial charge in [-0.2, -0.15) is 0 Å². The van der Waals surface area contributed by atoms with Crippen LogP contribution in [0.15, 0.2) is 82.7 Å². The third-order valence-corrected chi connectivity index (χ3v) is 7.81. The Kier molecular flexibility index (Phi) is 8.43. The minimum atomic E-state index is -3.91. The van der Waals surface area contributed by atoms with Crippen molar-refractivity contribution in [3.05, 3.63) is 94.5 Å². The summed E-state index contributed by atoms with van der Waals surface area (Å²) in [7, 11) is -3.91. The van der Waals surface area contributed by atoms with E-state index in [0.29, 0.717) is 29.9 Å². The highest BCUT2D eigenvalue weighted by molar-refractivity contribution is 7.92. The average molecular weight is 537 g/mol. The Morgan fingerprint density at radius 3 is 2.41 bits per heavy atom. The molecule has 0 spiro atoms. The number of rotatable bonds is 8. The molecule has 1 heterocycles. The number of nitrogens with zero attached hydrogens (tertiary/aromatic N) is 3. The van der Waals surface area contributed by atoms with Gasteiger partial charge < -0.3 is 4.90 Å². The fourth-order valence-corrected chi connectivity index (χ4v) is 5.78. The number of amides is 1. The van der Waals surface area contributed by atoms with Crippen molar-refractivity contribution in [2.45, 2.75) is 18.4 Å². The van der Waals surface area contributed by atoms with Crippen LogP contribution in [-0.4, -0.2) is 57.0 Å². The first-order valence-electron chi connectivity index (χ1n) is 11.9. The van der Waals surface area contributed by atoms with Gasteiger partial charge in [0.2, 0.25) is 0 Å². The second kappa shape index (κ2) is 11.7. The Balaban J connectivity index is 1.39. The van der Waals surface area contributed by atoms with Crippen LogP contribution in [0.1, 0.15) is 28.4 Å². The summed E-state index contributed by atoms with van der Waals surface area (Å²) >= 11 is 6.09. The number of carbonyl (C=O) groups is 1. The third-order valence-electron chi connectivity index (χ3n) is 6.16. The predicted molar refractivity (Wildman–Crippen MR) is 150 cm³/mol. The zero-order valence-corrected chi connectivity index (χ0v) is 22.2. The van der Waals surface area contributed by atoms with Gasteiger partial charge in [-0.05, 0) is 61.7 Å². The van der Waals surface area contributed by atoms with Crippen molar-refractivity contribution in [2.24, 2.45) is 4.99 Å². The lowest BCUT2D eigenvalue weighted by molar-refractivity contribution is 0.0628. The number of aliphatic imine (C=N–C) groups is 1. The first-order valence-corrected chi connectivity index (χ1v) is 13.8. The lowest BCUT2D eigenvalue weighted by atomic mass is 10.1. The molecule has 0 radical (unpaired) electrons. The molecule has 7 nitrogen and oxygen atoms in total. The Bertz CT molecular complexity index is 1410. The van der Waals surface area contributed by atoms with E-state index in [4.69, 9.17) is 11.6 Å². The van der Waals surface area contributed by atoms with Crippen molar-refractivity contribution in [3.8, 4) is 0 Å². The number of hydrogen-bond acceptors (Lipinski definition) is 5. The first kappa shape index (κ1) is 26.6. The minimum absolute atomic E-state index is 0.0360. The normalized spacial score (nSPS) is 14.6. The third kappa shape index (κ3) is 6.46. The molecule has 1 N–H and O–H groups in total. The van der Waals surface area contributed by atoms with E-state index in [0.717, 1.165) is 30.2 Å². The van der Waals surface area contributed by atoms with E-state index < -0.39 is 10.0 Å². The van der Waals surface area contributed by atoms with E-state index in [1.807, 2.05) is 42.2 Å². The number of carbonyl (C=O) groups excluding carboxylic acids is 1. The van der Waals surface area contributed by atoms with Crippen molar-refractivity contribution in [1.29, 1.82) is 0 Å². The van der Waals surface area contributed by atoms with Gasteiger partial charge >= 0.3 is 0 Å². The monoisotopic (exact) mass is 536 g/mol. The average Bonchev–Trinajstić information content (AvgIpc) is 2.89. The molecule has 0 bridgehead atoms. The standard InChI is InChI=1S/C28H29ClN4O3S/c1-3-6-22-8-5-10-26(27(22)30-2)37(35,36)31-25-13-11-23(12-14-25)28(34)33-17-15-32(16-18-33)20-21-7-4-9-24(29)19-21/h3-14,19,31H,2,15-18,20H2,1H3/b6-3-. The molecular formula is C28H29ClN4O3S. The maximum atomic E-state index is 13.1. The second-order valence-electron chi connectivity index (χ2n) is 8.73. The summed E-state index contributed by atoms with van der Waals surface area (Å²) in [4.78, 5) is 21.1. The molecule has 9 heteroatoms. The zero-order chi connectivity index (χ0) is 26.4. The molecule has 37 heavy (non-hydrogen) atoms. The number of para-hydroxylation sites is 1. The molecule has 1 saturated heterocycles. The smallest absolute Gasteiger partial charge is 0.264 e. The van der Waals surface area contributed by atoms with Gasteiger partial charge in [-0.25, -0.2) is 8.42 Å². The molecule has 4 rings (SSSR count). The number of hydrogen-bond donors (Lipinski definition) is 1. The molecule has 0 aromatic heterocycles. The van der Waals surface area contributed by atoms with Crippen LogP contribution in [0.25, 0.3) is 6.08 Å². The quantitative estimate of drug-likeness (QED) is 0.387. The molecule has 0 atom stereocenters. The number of nitrogens with one attached hydrogen (secondary N) is 1. The summed E-state index contributed by atoms with van der Waals surface area (Å²) in [6.45, 7) is 8.94. The molecular weight excluding hydrogens is 508 g/mol. The first-order chi connectivity index (χ1) is 17.8. The Hall–Kier alpha value is -3.46. The highest BCUT2D eigenvalue weighted by Crippen LogP contribution is 2.30. The second-order valence-corrected chi connectivity index (χ2v) is 10.8. The molecule has 1 aliphatic heterocycles. The van der Waals surface area contributed by atoms with Crippen LogP contribution in [-0.2, 0) is 16.6 Å². The van der Waals surface area contributed by atoms with Gasteiger partial charge in [-0.15, -0.1) is 0 Å². The van der Waals surface area contributed by atoms with Crippen molar-refractivity contribution >= 4 is 51.7 Å². The van der Waals surface area contributed by atoms with E-state index in [2.05, 4.69) is 21.3 Å². The zero-order valence-electron chi connectivity index (χ0n) is 20.6. The van der Waals surface area contributed by atoms with Gasteiger partial charge in [0, 0.05) is 54.6 Å². The lowest BCUT2D eigenvalue weighted by Gasteiger charge is -2.34. The van der Waals surface area contributed by atoms with Crippen LogP contribution in [0.4, 0.5) is 11.4 Å². The minimum Gasteiger partial charge on any atom is -0.336 e. The molecule has 3 aromatic rings. The summed E-state index contributed by atoms with van der Waals surface area (Å²) in [5, 5.41) is 0.719. The van der Waals surface area contributed by atoms with Crippen LogP contribution in [0.3, 0.4) is 0 Å². The molecule has 1 aliphatic rings. The Labute approximate surface area is 223 Å². The van der Waals surface area contributed by atoms with Gasteiger partial charge in [-0.1, -0.05) is 48.0 Å². The van der Waals surface area contributed by atoms with Crippen LogP contribution >= 0.6 is 11.6 Å². The molecule has 1 fully saturated rings. The van der Waals surface area contributed by atoms with Crippen LogP contribution in [0.5, 0.6) is 0 Å². The fraction of sp³-hybridized carbons (Fsp3) is 0.214. The Morgan fingerprint density at radius 1 is 1.05 bits per heavy atom. The van der Waals surface area contributed by atoms with Crippen LogP contribution < -0.4 is 4.72 Å².